The number of benzene rings is 17. The van der Waals surface area contributed by atoms with Crippen molar-refractivity contribution < 1.29 is 0 Å². The van der Waals surface area contributed by atoms with Crippen molar-refractivity contribution in [1.82, 2.24) is 9.13 Å². The lowest BCUT2D eigenvalue weighted by Crippen LogP contribution is -2.61. The van der Waals surface area contributed by atoms with Crippen molar-refractivity contribution in [3.05, 3.63) is 393 Å². The fourth-order valence-electron chi connectivity index (χ4n) is 18.4. The van der Waals surface area contributed by atoms with Gasteiger partial charge in [0.15, 0.2) is 0 Å². The summed E-state index contributed by atoms with van der Waals surface area (Å²) in [6.07, 6.45) is 0. The molecule has 4 nitrogen and oxygen atoms in total. The molecule has 0 fully saturated rings. The lowest BCUT2D eigenvalue weighted by Gasteiger charge is -2.46. The number of hydrogen-bond donors (Lipinski definition) is 0. The van der Waals surface area contributed by atoms with Crippen LogP contribution in [0.15, 0.2) is 382 Å². The van der Waals surface area contributed by atoms with Gasteiger partial charge in [-0.05, 0) is 202 Å². The Balaban J connectivity index is 0.922. The largest absolute Gasteiger partial charge is 0.310 e. The van der Waals surface area contributed by atoms with Gasteiger partial charge in [0.1, 0.15) is 0 Å². The fourth-order valence-corrected chi connectivity index (χ4v) is 18.4. The SMILES string of the molecule is CC(C)(C)c1cc(-c2ccccc2)c(N2c3cc(-n4c5ccccc5c5cc(-c6ccccc6)ccc54)ccc3B3c4ccc(-n5c6ccccc6c6cc(-c7cccc8ccccc78)ccc65)cc4N(c4c(-c5ccccc5)cc(C(C)(C)C)cc4-c4ccccc4)c4cc(-c5ccccc5)cc2c43)c(-c2ccccc2)c1. The summed E-state index contributed by atoms with van der Waals surface area (Å²) in [5, 5.41) is 7.30. The maximum atomic E-state index is 2.72. The number of aromatic nitrogens is 2. The second-order valence-electron chi connectivity index (χ2n) is 32.8. The summed E-state index contributed by atoms with van der Waals surface area (Å²) in [6.45, 7) is 13.9. The summed E-state index contributed by atoms with van der Waals surface area (Å²) < 4.78 is 5.06. The molecule has 0 bridgehead atoms. The van der Waals surface area contributed by atoms with Gasteiger partial charge in [-0.2, -0.15) is 0 Å². The van der Waals surface area contributed by atoms with Gasteiger partial charge in [-0.3, -0.25) is 0 Å². The first-order valence-electron chi connectivity index (χ1n) is 39.7. The molecular formula is C108H81BN4. The normalized spacial score (nSPS) is 12.6. The summed E-state index contributed by atoms with van der Waals surface area (Å²) in [6, 6.07) is 145. The third kappa shape index (κ3) is 11.2. The van der Waals surface area contributed by atoms with Gasteiger partial charge in [-0.15, -0.1) is 0 Å². The lowest BCUT2D eigenvalue weighted by molar-refractivity contribution is 0.590. The van der Waals surface area contributed by atoms with Crippen LogP contribution in [0.25, 0.3) is 144 Å². The molecule has 19 aromatic rings. The van der Waals surface area contributed by atoms with E-state index in [-0.39, 0.29) is 17.5 Å². The Bertz CT molecular complexity index is 6840. The molecule has 5 heteroatoms. The predicted octanol–water partition coefficient (Wildman–Crippen LogP) is 27.4. The van der Waals surface area contributed by atoms with E-state index in [1.54, 1.807) is 0 Å². The Morgan fingerprint density at radius 3 is 0.991 bits per heavy atom. The molecule has 0 atom stereocenters. The van der Waals surface area contributed by atoms with E-state index in [4.69, 9.17) is 0 Å². The first-order chi connectivity index (χ1) is 55.3. The molecule has 0 spiro atoms. The van der Waals surface area contributed by atoms with E-state index in [0.29, 0.717) is 0 Å². The minimum Gasteiger partial charge on any atom is -0.310 e. The summed E-state index contributed by atoms with van der Waals surface area (Å²) in [7, 11) is 0. The summed E-state index contributed by atoms with van der Waals surface area (Å²) in [5.41, 5.74) is 35.3. The Kier molecular flexibility index (Phi) is 15.8. The molecule has 113 heavy (non-hydrogen) atoms. The first-order valence-corrected chi connectivity index (χ1v) is 39.7. The highest BCUT2D eigenvalue weighted by atomic mass is 15.2. The third-order valence-electron chi connectivity index (χ3n) is 24.0. The smallest absolute Gasteiger partial charge is 0.252 e. The van der Waals surface area contributed by atoms with Crippen LogP contribution in [-0.4, -0.2) is 15.8 Å². The number of anilines is 6. The van der Waals surface area contributed by atoms with Crippen LogP contribution in [0.1, 0.15) is 52.7 Å². The number of rotatable bonds is 11. The Morgan fingerprint density at radius 1 is 0.221 bits per heavy atom. The van der Waals surface area contributed by atoms with E-state index < -0.39 is 0 Å². The first kappa shape index (κ1) is 67.4. The van der Waals surface area contributed by atoms with E-state index in [1.165, 1.54) is 82.1 Å². The highest BCUT2D eigenvalue weighted by Gasteiger charge is 2.46. The van der Waals surface area contributed by atoms with Crippen LogP contribution in [0.2, 0.25) is 0 Å². The van der Waals surface area contributed by atoms with Gasteiger partial charge in [0.2, 0.25) is 0 Å². The highest BCUT2D eigenvalue weighted by molar-refractivity contribution is 7.00. The van der Waals surface area contributed by atoms with Gasteiger partial charge in [-0.25, -0.2) is 0 Å². The zero-order valence-corrected chi connectivity index (χ0v) is 64.2. The minimum atomic E-state index is -0.290. The third-order valence-corrected chi connectivity index (χ3v) is 24.0. The molecule has 0 saturated carbocycles. The molecule has 2 aliphatic heterocycles. The van der Waals surface area contributed by atoms with Crippen molar-refractivity contribution in [2.24, 2.45) is 0 Å². The molecule has 0 N–H and O–H groups in total. The molecule has 4 heterocycles. The Hall–Kier alpha value is -13.7. The quantitative estimate of drug-likeness (QED) is 0.120. The maximum Gasteiger partial charge on any atom is 0.252 e. The molecule has 0 radical (unpaired) electrons. The predicted molar refractivity (Wildman–Crippen MR) is 482 cm³/mol. The summed E-state index contributed by atoms with van der Waals surface area (Å²) >= 11 is 0. The van der Waals surface area contributed by atoms with Crippen molar-refractivity contribution >= 4 is 112 Å². The summed E-state index contributed by atoms with van der Waals surface area (Å²) in [4.78, 5) is 5.45. The molecule has 536 valence electrons. The van der Waals surface area contributed by atoms with E-state index in [9.17, 15) is 0 Å². The van der Waals surface area contributed by atoms with Crippen molar-refractivity contribution in [2.75, 3.05) is 9.80 Å². The zero-order valence-electron chi connectivity index (χ0n) is 64.2. The van der Waals surface area contributed by atoms with E-state index >= 15 is 0 Å². The van der Waals surface area contributed by atoms with E-state index in [2.05, 4.69) is 443 Å². The molecule has 0 amide bonds. The second kappa shape index (κ2) is 26.5. The molecule has 0 aliphatic carbocycles. The van der Waals surface area contributed by atoms with Crippen LogP contribution in [0.5, 0.6) is 0 Å². The Labute approximate surface area is 661 Å². The topological polar surface area (TPSA) is 16.3 Å². The van der Waals surface area contributed by atoms with Gasteiger partial charge in [0, 0.05) is 77.9 Å². The van der Waals surface area contributed by atoms with Crippen LogP contribution in [0.4, 0.5) is 34.1 Å². The van der Waals surface area contributed by atoms with Crippen LogP contribution in [0.3, 0.4) is 0 Å². The molecule has 0 unspecified atom stereocenters. The van der Waals surface area contributed by atoms with Crippen molar-refractivity contribution in [2.45, 2.75) is 52.4 Å². The minimum absolute atomic E-state index is 0.217. The second-order valence-corrected chi connectivity index (χ2v) is 32.8. The van der Waals surface area contributed by atoms with Crippen LogP contribution in [-0.2, 0) is 10.8 Å². The molecular weight excluding hydrogens is 1360 g/mol. The van der Waals surface area contributed by atoms with Crippen LogP contribution < -0.4 is 26.2 Å². The van der Waals surface area contributed by atoms with Crippen LogP contribution in [0, 0.1) is 0 Å². The van der Waals surface area contributed by atoms with Gasteiger partial charge >= 0.3 is 0 Å². The van der Waals surface area contributed by atoms with Crippen molar-refractivity contribution in [3.63, 3.8) is 0 Å². The van der Waals surface area contributed by atoms with Crippen molar-refractivity contribution in [1.29, 1.82) is 0 Å². The van der Waals surface area contributed by atoms with E-state index in [0.717, 1.165) is 123 Å². The van der Waals surface area contributed by atoms with E-state index in [1.807, 2.05) is 0 Å². The maximum absolute atomic E-state index is 2.72. The summed E-state index contributed by atoms with van der Waals surface area (Å²) in [5.74, 6) is 0. The van der Waals surface area contributed by atoms with Gasteiger partial charge < -0.3 is 18.9 Å². The molecule has 17 aromatic carbocycles. The number of hydrogen-bond acceptors (Lipinski definition) is 2. The number of fused-ring (bicyclic) bond motifs is 11. The van der Waals surface area contributed by atoms with Gasteiger partial charge in [-0.1, -0.05) is 327 Å². The molecule has 2 aromatic heterocycles. The molecule has 0 saturated heterocycles. The van der Waals surface area contributed by atoms with Gasteiger partial charge in [0.05, 0.1) is 33.4 Å². The zero-order chi connectivity index (χ0) is 75.8. The standard InChI is InChI=1S/C108H81BN4/c1-107(2,3)80-64-88(73-36-17-9-18-37-73)105(89(65-80)74-38-19-10-20-39-74)112-100-68-82(110-96-50-29-27-47-86(96)92-60-77(52-58-98(92)110)70-32-13-7-14-33-70)54-56-94(100)109-95-57-55-83(111-97-51-30-28-48-87(97)93-61-78(53-59-99(93)111)85-49-31-45-72-44-25-26-46-84(72)85)69-101(95)113(103-63-79(62-102(112)104(103)109)71-34-15-8-16-35-71)106-90(75-40-21-11-22-41-75)66-81(108(4,5)6)67-91(106)76-42-23-12-24-43-76/h7-69H,1-6H3. The average Bonchev–Trinajstić information content (AvgIpc) is 0.740. The number of nitrogens with zero attached hydrogens (tertiary/aromatic N) is 4. The fraction of sp³-hybridized carbons (Fsp3) is 0.0741. The average molecular weight is 1450 g/mol. The lowest BCUT2D eigenvalue weighted by atomic mass is 9.33. The molecule has 2 aliphatic rings. The van der Waals surface area contributed by atoms with Crippen LogP contribution >= 0.6 is 0 Å². The van der Waals surface area contributed by atoms with Gasteiger partial charge in [0.25, 0.3) is 6.71 Å². The highest BCUT2D eigenvalue weighted by Crippen LogP contribution is 2.56. The number of para-hydroxylation sites is 2. The van der Waals surface area contributed by atoms with Crippen molar-refractivity contribution in [3.8, 4) is 89.3 Å². The molecule has 21 rings (SSSR count). The monoisotopic (exact) mass is 1440 g/mol. The Morgan fingerprint density at radius 2 is 0.566 bits per heavy atom.